The van der Waals surface area contributed by atoms with E-state index in [-0.39, 0.29) is 11.9 Å². The van der Waals surface area contributed by atoms with E-state index in [2.05, 4.69) is 21.8 Å². The average molecular weight is 315 g/mol. The van der Waals surface area contributed by atoms with Crippen molar-refractivity contribution in [1.29, 1.82) is 0 Å². The van der Waals surface area contributed by atoms with Gasteiger partial charge in [0.2, 0.25) is 15.9 Å². The van der Waals surface area contributed by atoms with Gasteiger partial charge in [-0.15, -0.1) is 0 Å². The molecule has 0 bridgehead atoms. The molecule has 0 aliphatic heterocycles. The second-order valence-corrected chi connectivity index (χ2v) is 7.86. The van der Waals surface area contributed by atoms with Gasteiger partial charge >= 0.3 is 0 Å². The van der Waals surface area contributed by atoms with E-state index >= 15 is 0 Å². The number of sulfonamides is 1. The minimum Gasteiger partial charge on any atom is -0.354 e. The van der Waals surface area contributed by atoms with Crippen molar-refractivity contribution in [3.63, 3.8) is 0 Å². The van der Waals surface area contributed by atoms with E-state index in [1.165, 1.54) is 19.9 Å². The van der Waals surface area contributed by atoms with E-state index in [4.69, 9.17) is 4.52 Å². The van der Waals surface area contributed by atoms with Crippen molar-refractivity contribution >= 4 is 27.3 Å². The average Bonchev–Trinajstić information content (AvgIpc) is 2.75. The number of allylic oxidation sites excluding steroid dienone is 1. The summed E-state index contributed by atoms with van der Waals surface area (Å²) >= 11 is 0. The number of carbonyl (C=O) groups excluding carboxylic acids is 1. The van der Waals surface area contributed by atoms with Crippen LogP contribution in [0.15, 0.2) is 17.2 Å². The van der Waals surface area contributed by atoms with Crippen LogP contribution in [-0.2, 0) is 14.8 Å². The lowest BCUT2D eigenvalue weighted by Crippen LogP contribution is -2.51. The number of nitrogens with one attached hydrogen (secondary N) is 2. The molecule has 0 aliphatic rings. The molecular formula is C13H21N3O4S. The highest BCUT2D eigenvalue weighted by molar-refractivity contribution is 7.91. The third kappa shape index (κ3) is 3.92. The predicted octanol–water partition coefficient (Wildman–Crippen LogP) is 1.75. The molecule has 0 spiro atoms. The van der Waals surface area contributed by atoms with Gasteiger partial charge in [0.15, 0.2) is 16.3 Å². The number of rotatable bonds is 6. The van der Waals surface area contributed by atoms with Crippen LogP contribution < -0.4 is 10.0 Å². The first kappa shape index (κ1) is 17.4. The van der Waals surface area contributed by atoms with E-state index in [1.54, 1.807) is 20.8 Å². The Morgan fingerprint density at radius 2 is 2.00 bits per heavy atom. The van der Waals surface area contributed by atoms with E-state index in [1.807, 2.05) is 0 Å². The summed E-state index contributed by atoms with van der Waals surface area (Å²) in [5.74, 6) is -0.130. The first-order chi connectivity index (χ1) is 9.47. The number of amides is 1. The molecule has 21 heavy (non-hydrogen) atoms. The fraction of sp³-hybridized carbons (Fsp3) is 0.538. The molecule has 0 aliphatic carbocycles. The van der Waals surface area contributed by atoms with Gasteiger partial charge in [-0.1, -0.05) is 11.7 Å². The van der Waals surface area contributed by atoms with E-state index in [9.17, 15) is 13.2 Å². The number of hydrogen-bond acceptors (Lipinski definition) is 5. The molecule has 1 aromatic rings. The highest BCUT2D eigenvalue weighted by atomic mass is 32.2. The predicted molar refractivity (Wildman–Crippen MR) is 81.1 cm³/mol. The molecule has 0 unspecified atom stereocenters. The van der Waals surface area contributed by atoms with Crippen molar-refractivity contribution in [2.45, 2.75) is 45.4 Å². The molecule has 8 heteroatoms. The lowest BCUT2D eigenvalue weighted by atomic mass is 10.2. The van der Waals surface area contributed by atoms with Gasteiger partial charge in [-0.3, -0.25) is 4.79 Å². The van der Waals surface area contributed by atoms with Crippen LogP contribution in [0.4, 0.5) is 5.82 Å². The van der Waals surface area contributed by atoms with Crippen molar-refractivity contribution in [3.8, 4) is 0 Å². The number of aromatic nitrogens is 1. The molecule has 0 radical (unpaired) electrons. The number of anilines is 1. The Bertz CT molecular complexity index is 644. The lowest BCUT2D eigenvalue weighted by Gasteiger charge is -2.24. The minimum absolute atomic E-state index is 0.144. The van der Waals surface area contributed by atoms with Gasteiger partial charge in [-0.2, -0.15) is 0 Å². The van der Waals surface area contributed by atoms with E-state index < -0.39 is 20.7 Å². The van der Waals surface area contributed by atoms with Crippen molar-refractivity contribution < 1.29 is 17.7 Å². The topological polar surface area (TPSA) is 101 Å². The third-order valence-electron chi connectivity index (χ3n) is 2.78. The molecule has 7 nitrogen and oxygen atoms in total. The van der Waals surface area contributed by atoms with Crippen LogP contribution in [0.25, 0.3) is 5.57 Å². The SMILES string of the molecule is C=C(C)c1cc(NC(=O)C(C)(C)S(=O)(=O)NC(C)C)no1. The molecule has 0 saturated carbocycles. The van der Waals surface area contributed by atoms with Gasteiger partial charge in [0, 0.05) is 12.1 Å². The molecule has 0 atom stereocenters. The quantitative estimate of drug-likeness (QED) is 0.833. The fourth-order valence-electron chi connectivity index (χ4n) is 1.38. The number of hydrogen-bond donors (Lipinski definition) is 2. The standard InChI is InChI=1S/C13H21N3O4S/c1-8(2)10-7-11(15-20-10)14-12(17)13(5,6)21(18,19)16-9(3)4/h7,9,16H,1H2,2-6H3,(H,14,15,17). The first-order valence-corrected chi connectivity index (χ1v) is 7.91. The summed E-state index contributed by atoms with van der Waals surface area (Å²) in [6.07, 6.45) is 0. The van der Waals surface area contributed by atoms with Crippen LogP contribution >= 0.6 is 0 Å². The second-order valence-electron chi connectivity index (χ2n) is 5.60. The van der Waals surface area contributed by atoms with Gasteiger partial charge in [0.1, 0.15) is 0 Å². The Morgan fingerprint density at radius 1 is 1.43 bits per heavy atom. The molecule has 118 valence electrons. The van der Waals surface area contributed by atoms with Crippen molar-refractivity contribution in [1.82, 2.24) is 9.88 Å². The van der Waals surface area contributed by atoms with Crippen LogP contribution in [0.3, 0.4) is 0 Å². The summed E-state index contributed by atoms with van der Waals surface area (Å²) < 4.78 is 30.1. The maximum absolute atomic E-state index is 12.2. The molecular weight excluding hydrogens is 294 g/mol. The smallest absolute Gasteiger partial charge is 0.247 e. The van der Waals surface area contributed by atoms with Crippen molar-refractivity contribution in [2.24, 2.45) is 0 Å². The molecule has 1 amide bonds. The molecule has 1 heterocycles. The molecule has 0 saturated heterocycles. The van der Waals surface area contributed by atoms with Crippen LogP contribution in [0.5, 0.6) is 0 Å². The highest BCUT2D eigenvalue weighted by Gasteiger charge is 2.42. The zero-order valence-electron chi connectivity index (χ0n) is 12.9. The van der Waals surface area contributed by atoms with Crippen LogP contribution in [0.2, 0.25) is 0 Å². The van der Waals surface area contributed by atoms with Gasteiger partial charge < -0.3 is 9.84 Å². The Morgan fingerprint density at radius 3 is 2.43 bits per heavy atom. The Kier molecular flexibility index (Phi) is 4.95. The van der Waals surface area contributed by atoms with E-state index in [0.717, 1.165) is 0 Å². The summed E-state index contributed by atoms with van der Waals surface area (Å²) in [4.78, 5) is 12.2. The van der Waals surface area contributed by atoms with Gasteiger partial charge in [-0.25, -0.2) is 13.1 Å². The lowest BCUT2D eigenvalue weighted by molar-refractivity contribution is -0.117. The zero-order chi connectivity index (χ0) is 16.4. The minimum atomic E-state index is -3.83. The fourth-order valence-corrected chi connectivity index (χ4v) is 2.59. The summed E-state index contributed by atoms with van der Waals surface area (Å²) in [7, 11) is -3.83. The zero-order valence-corrected chi connectivity index (χ0v) is 13.7. The largest absolute Gasteiger partial charge is 0.354 e. The molecule has 1 rings (SSSR count). The summed E-state index contributed by atoms with van der Waals surface area (Å²) in [6, 6.07) is 1.18. The van der Waals surface area contributed by atoms with E-state index in [0.29, 0.717) is 11.3 Å². The Labute approximate surface area is 124 Å². The summed E-state index contributed by atoms with van der Waals surface area (Å²) in [6.45, 7) is 11.4. The first-order valence-electron chi connectivity index (χ1n) is 6.43. The maximum Gasteiger partial charge on any atom is 0.247 e. The highest BCUT2D eigenvalue weighted by Crippen LogP contribution is 2.20. The monoisotopic (exact) mass is 315 g/mol. The van der Waals surface area contributed by atoms with Gasteiger partial charge in [-0.05, 0) is 40.2 Å². The second kappa shape index (κ2) is 5.98. The maximum atomic E-state index is 12.2. The van der Waals surface area contributed by atoms with Crippen LogP contribution in [-0.4, -0.2) is 30.3 Å². The Hall–Kier alpha value is -1.67. The third-order valence-corrected chi connectivity index (χ3v) is 5.09. The van der Waals surface area contributed by atoms with Crippen LogP contribution in [0, 0.1) is 0 Å². The molecule has 0 aromatic carbocycles. The summed E-state index contributed by atoms with van der Waals surface area (Å²) in [5, 5.41) is 6.08. The molecule has 0 fully saturated rings. The molecule has 2 N–H and O–H groups in total. The van der Waals surface area contributed by atoms with Gasteiger partial charge in [0.25, 0.3) is 0 Å². The number of nitrogens with zero attached hydrogens (tertiary/aromatic N) is 1. The van der Waals surface area contributed by atoms with Crippen molar-refractivity contribution in [2.75, 3.05) is 5.32 Å². The summed E-state index contributed by atoms with van der Waals surface area (Å²) in [5.41, 5.74) is 0.649. The Balaban J connectivity index is 2.93. The van der Waals surface area contributed by atoms with Crippen LogP contribution in [0.1, 0.15) is 40.4 Å². The number of carbonyl (C=O) groups is 1. The molecule has 1 aromatic heterocycles. The van der Waals surface area contributed by atoms with Gasteiger partial charge in [0.05, 0.1) is 0 Å². The normalized spacial score (nSPS) is 12.5. The van der Waals surface area contributed by atoms with Crippen molar-refractivity contribution in [3.05, 3.63) is 18.4 Å².